The number of hydrazine groups is 1. The topological polar surface area (TPSA) is 70.8 Å². The van der Waals surface area contributed by atoms with Crippen LogP contribution >= 0.6 is 34.8 Å². The summed E-state index contributed by atoms with van der Waals surface area (Å²) < 4.78 is -0.145. The van der Waals surface area contributed by atoms with E-state index in [-0.39, 0.29) is 21.0 Å². The van der Waals surface area contributed by atoms with Gasteiger partial charge < -0.3 is 5.43 Å². The first-order valence-corrected chi connectivity index (χ1v) is 8.56. The first kappa shape index (κ1) is 20.2. The van der Waals surface area contributed by atoms with Crippen LogP contribution in [0.1, 0.15) is 5.56 Å². The van der Waals surface area contributed by atoms with E-state index in [1.165, 1.54) is 24.3 Å². The zero-order valence-electron chi connectivity index (χ0n) is 13.7. The lowest BCUT2D eigenvalue weighted by atomic mass is 10.2. The molecule has 2 aromatic rings. The van der Waals surface area contributed by atoms with Crippen molar-refractivity contribution in [2.24, 2.45) is 4.99 Å². The number of nitrogens with zero attached hydrogens (tertiary/aromatic N) is 3. The molecule has 0 aliphatic rings. The molecule has 0 aliphatic heterocycles. The normalized spacial score (nSPS) is 11.3. The molecule has 0 aliphatic carbocycles. The number of benzene rings is 2. The first-order valence-electron chi connectivity index (χ1n) is 7.43. The van der Waals surface area contributed by atoms with E-state index in [2.05, 4.69) is 10.4 Å². The summed E-state index contributed by atoms with van der Waals surface area (Å²) in [6.07, 6.45) is 0. The van der Waals surface area contributed by atoms with Gasteiger partial charge in [-0.3, -0.25) is 10.1 Å². The number of rotatable bonds is 6. The Bertz CT molecular complexity index is 820. The van der Waals surface area contributed by atoms with E-state index >= 15 is 0 Å². The maximum absolute atomic E-state index is 10.7. The molecule has 136 valence electrons. The van der Waals surface area contributed by atoms with E-state index in [0.29, 0.717) is 12.2 Å². The molecule has 0 amide bonds. The van der Waals surface area contributed by atoms with Crippen LogP contribution in [0.2, 0.25) is 0 Å². The van der Waals surface area contributed by atoms with Crippen molar-refractivity contribution in [3.63, 3.8) is 0 Å². The Morgan fingerprint density at radius 2 is 1.73 bits per heavy atom. The van der Waals surface area contributed by atoms with Gasteiger partial charge in [-0.25, -0.2) is 10.0 Å². The van der Waals surface area contributed by atoms with Crippen molar-refractivity contribution in [3.8, 4) is 0 Å². The highest BCUT2D eigenvalue weighted by Gasteiger charge is 2.12. The molecular weight excluding hydrogens is 399 g/mol. The van der Waals surface area contributed by atoms with Crippen molar-refractivity contribution in [3.05, 3.63) is 79.8 Å². The van der Waals surface area contributed by atoms with Crippen LogP contribution in [-0.2, 0) is 6.54 Å². The average Bonchev–Trinajstić information content (AvgIpc) is 2.61. The Kier molecular flexibility index (Phi) is 7.41. The predicted molar refractivity (Wildman–Crippen MR) is 106 cm³/mol. The summed E-state index contributed by atoms with van der Waals surface area (Å²) in [5.41, 5.74) is 4.53. The molecule has 0 saturated heterocycles. The molecule has 0 aromatic heterocycles. The molecule has 0 fully saturated rings. The minimum Gasteiger partial charge on any atom is -0.302 e. The zero-order valence-corrected chi connectivity index (χ0v) is 16.0. The minimum absolute atomic E-state index is 0.0309. The maximum Gasteiger partial charge on any atom is 0.269 e. The van der Waals surface area contributed by atoms with E-state index < -0.39 is 4.92 Å². The molecule has 0 saturated carbocycles. The number of halogens is 3. The van der Waals surface area contributed by atoms with Gasteiger partial charge in [0, 0.05) is 25.7 Å². The second-order valence-electron chi connectivity index (χ2n) is 5.26. The lowest BCUT2D eigenvalue weighted by molar-refractivity contribution is -0.384. The molecule has 9 heteroatoms. The smallest absolute Gasteiger partial charge is 0.269 e. The molecule has 0 spiro atoms. The Hall–Kier alpha value is -2.12. The largest absolute Gasteiger partial charge is 0.302 e. The third-order valence-electron chi connectivity index (χ3n) is 3.23. The Morgan fingerprint density at radius 3 is 2.27 bits per heavy atom. The molecule has 6 nitrogen and oxygen atoms in total. The Labute approximate surface area is 165 Å². The molecule has 0 radical (unpaired) electrons. The van der Waals surface area contributed by atoms with Crippen molar-refractivity contribution < 1.29 is 4.92 Å². The first-order chi connectivity index (χ1) is 12.4. The van der Waals surface area contributed by atoms with Gasteiger partial charge >= 0.3 is 0 Å². The van der Waals surface area contributed by atoms with Gasteiger partial charge in [0.2, 0.25) is 0 Å². The van der Waals surface area contributed by atoms with Crippen LogP contribution in [0.5, 0.6) is 0 Å². The number of amidine groups is 1. The molecule has 0 unspecified atom stereocenters. The molecular formula is C17H15Cl3N4O2. The number of nitro groups is 1. The average molecular weight is 414 g/mol. The summed E-state index contributed by atoms with van der Waals surface area (Å²) in [6, 6.07) is 15.5. The van der Waals surface area contributed by atoms with Crippen molar-refractivity contribution in [2.45, 2.75) is 6.54 Å². The van der Waals surface area contributed by atoms with E-state index in [9.17, 15) is 10.1 Å². The SMILES string of the molecule is CN(Cc1ccccc1)NC(=Nc1ccc([N+](=O)[O-])cc1)C(Cl)=C(Cl)Cl. The lowest BCUT2D eigenvalue weighted by Crippen LogP contribution is -2.39. The van der Waals surface area contributed by atoms with E-state index in [1.807, 2.05) is 37.4 Å². The molecule has 2 aromatic carbocycles. The molecule has 0 bridgehead atoms. The third-order valence-corrected chi connectivity index (χ3v) is 4.17. The van der Waals surface area contributed by atoms with Crippen LogP contribution < -0.4 is 5.43 Å². The highest BCUT2D eigenvalue weighted by Crippen LogP contribution is 2.23. The number of hydrogen-bond acceptors (Lipinski definition) is 4. The standard InChI is InChI=1S/C17H15Cl3N4O2/c1-23(11-12-5-3-2-4-6-12)22-17(15(18)16(19)20)21-13-7-9-14(10-8-13)24(25)26/h2-10H,11H2,1H3,(H,21,22). The maximum atomic E-state index is 10.7. The molecule has 0 heterocycles. The Morgan fingerprint density at radius 1 is 1.12 bits per heavy atom. The second kappa shape index (κ2) is 9.54. The number of nitro benzene ring substituents is 1. The number of hydrogen-bond donors (Lipinski definition) is 1. The van der Waals surface area contributed by atoms with Gasteiger partial charge in [0.1, 0.15) is 9.52 Å². The highest BCUT2D eigenvalue weighted by molar-refractivity contribution is 6.62. The molecule has 26 heavy (non-hydrogen) atoms. The van der Waals surface area contributed by atoms with Crippen LogP contribution in [-0.4, -0.2) is 22.8 Å². The fourth-order valence-corrected chi connectivity index (χ4v) is 2.33. The van der Waals surface area contributed by atoms with Gasteiger partial charge in [0.25, 0.3) is 5.69 Å². The van der Waals surface area contributed by atoms with Crippen molar-refractivity contribution in [2.75, 3.05) is 7.05 Å². The van der Waals surface area contributed by atoms with Gasteiger partial charge in [0.15, 0.2) is 5.84 Å². The third kappa shape index (κ3) is 6.00. The van der Waals surface area contributed by atoms with Crippen molar-refractivity contribution >= 4 is 52.0 Å². The summed E-state index contributed by atoms with van der Waals surface area (Å²) >= 11 is 17.7. The predicted octanol–water partition coefficient (Wildman–Crippen LogP) is 5.15. The lowest BCUT2D eigenvalue weighted by Gasteiger charge is -2.20. The summed E-state index contributed by atoms with van der Waals surface area (Å²) in [6.45, 7) is 0.574. The zero-order chi connectivity index (χ0) is 19.1. The number of aliphatic imine (C=N–C) groups is 1. The van der Waals surface area contributed by atoms with Crippen LogP contribution in [0, 0.1) is 10.1 Å². The van der Waals surface area contributed by atoms with Crippen LogP contribution in [0.4, 0.5) is 11.4 Å². The van der Waals surface area contributed by atoms with Gasteiger partial charge in [-0.1, -0.05) is 65.1 Å². The van der Waals surface area contributed by atoms with Gasteiger partial charge in [-0.15, -0.1) is 0 Å². The van der Waals surface area contributed by atoms with E-state index in [1.54, 1.807) is 5.01 Å². The van der Waals surface area contributed by atoms with Crippen LogP contribution in [0.25, 0.3) is 0 Å². The quantitative estimate of drug-likeness (QED) is 0.308. The summed E-state index contributed by atoms with van der Waals surface area (Å²) in [5, 5.41) is 12.5. The monoisotopic (exact) mass is 412 g/mol. The second-order valence-corrected chi connectivity index (χ2v) is 6.59. The van der Waals surface area contributed by atoms with Crippen molar-refractivity contribution in [1.82, 2.24) is 10.4 Å². The molecule has 0 atom stereocenters. The number of nitrogens with one attached hydrogen (secondary N) is 1. The Balaban J connectivity index is 2.23. The summed E-state index contributed by atoms with van der Waals surface area (Å²) in [5.74, 6) is 0.221. The van der Waals surface area contributed by atoms with Crippen LogP contribution in [0.3, 0.4) is 0 Å². The van der Waals surface area contributed by atoms with Gasteiger partial charge in [-0.2, -0.15) is 0 Å². The molecule has 2 rings (SSSR count). The molecule has 1 N–H and O–H groups in total. The van der Waals surface area contributed by atoms with Gasteiger partial charge in [-0.05, 0) is 17.7 Å². The summed E-state index contributed by atoms with van der Waals surface area (Å²) in [4.78, 5) is 14.6. The highest BCUT2D eigenvalue weighted by atomic mass is 35.5. The van der Waals surface area contributed by atoms with Crippen LogP contribution in [0.15, 0.2) is 69.1 Å². The fourth-order valence-electron chi connectivity index (χ4n) is 2.07. The summed E-state index contributed by atoms with van der Waals surface area (Å²) in [7, 11) is 1.81. The van der Waals surface area contributed by atoms with E-state index in [4.69, 9.17) is 34.8 Å². The van der Waals surface area contributed by atoms with Gasteiger partial charge in [0.05, 0.1) is 10.6 Å². The minimum atomic E-state index is -0.483. The van der Waals surface area contributed by atoms with Crippen molar-refractivity contribution in [1.29, 1.82) is 0 Å². The van der Waals surface area contributed by atoms with E-state index in [0.717, 1.165) is 5.56 Å². The fraction of sp³-hybridized carbons (Fsp3) is 0.118. The number of non-ortho nitro benzene ring substituents is 1.